The second-order valence-corrected chi connectivity index (χ2v) is 5.06. The van der Waals surface area contributed by atoms with Crippen molar-refractivity contribution in [1.29, 1.82) is 0 Å². The number of hydrogen-bond donors (Lipinski definition) is 1. The average molecular weight is 305 g/mol. The van der Waals surface area contributed by atoms with Crippen molar-refractivity contribution >= 4 is 23.2 Å². The zero-order chi connectivity index (χ0) is 15.1. The van der Waals surface area contributed by atoms with E-state index in [0.29, 0.717) is 25.1 Å². The lowest BCUT2D eigenvalue weighted by Gasteiger charge is -2.08. The molecule has 1 amide bonds. The van der Waals surface area contributed by atoms with Gasteiger partial charge in [-0.15, -0.1) is 0 Å². The molecule has 0 aliphatic carbocycles. The smallest absolute Gasteiger partial charge is 0.224 e. The number of aromatic nitrogens is 1. The number of hydrogen-bond acceptors (Lipinski definition) is 3. The molecule has 0 saturated heterocycles. The molecule has 2 rings (SSSR count). The van der Waals surface area contributed by atoms with Crippen LogP contribution in [0.5, 0.6) is 5.75 Å². The Balaban J connectivity index is 1.69. The van der Waals surface area contributed by atoms with Crippen LogP contribution in [0.4, 0.5) is 5.69 Å². The summed E-state index contributed by atoms with van der Waals surface area (Å²) in [7, 11) is 0. The molecule has 0 aliphatic rings. The van der Waals surface area contributed by atoms with Crippen LogP contribution in [0.3, 0.4) is 0 Å². The minimum atomic E-state index is -0.0427. The topological polar surface area (TPSA) is 51.2 Å². The van der Waals surface area contributed by atoms with E-state index >= 15 is 0 Å². The van der Waals surface area contributed by atoms with E-state index in [2.05, 4.69) is 10.3 Å². The highest BCUT2D eigenvalue weighted by Gasteiger charge is 2.03. The predicted octanol–water partition coefficient (Wildman–Crippen LogP) is 3.84. The standard InChI is InChI=1S/C16H17ClN2O2/c1-12-10-14(6-7-15(12)17)21-9-3-5-16(20)19-13-4-2-8-18-11-13/h2,4,6-8,10-11H,3,5,9H2,1H3,(H,19,20). The summed E-state index contributed by atoms with van der Waals surface area (Å²) < 4.78 is 5.59. The molecule has 5 heteroatoms. The summed E-state index contributed by atoms with van der Waals surface area (Å²) in [6, 6.07) is 9.10. The van der Waals surface area contributed by atoms with Crippen LogP contribution in [0.2, 0.25) is 5.02 Å². The number of pyridine rings is 1. The maximum absolute atomic E-state index is 11.7. The van der Waals surface area contributed by atoms with Crippen molar-refractivity contribution in [2.45, 2.75) is 19.8 Å². The van der Waals surface area contributed by atoms with Crippen LogP contribution < -0.4 is 10.1 Å². The van der Waals surface area contributed by atoms with Crippen LogP contribution in [0.1, 0.15) is 18.4 Å². The molecule has 110 valence electrons. The minimum absolute atomic E-state index is 0.0427. The van der Waals surface area contributed by atoms with Crippen LogP contribution in [-0.4, -0.2) is 17.5 Å². The summed E-state index contributed by atoms with van der Waals surface area (Å²) in [6.45, 7) is 2.41. The Kier molecular flexibility index (Phi) is 5.58. The molecule has 2 aromatic rings. The number of anilines is 1. The quantitative estimate of drug-likeness (QED) is 0.825. The van der Waals surface area contributed by atoms with Gasteiger partial charge in [-0.2, -0.15) is 0 Å². The third-order valence-corrected chi connectivity index (χ3v) is 3.32. The molecule has 1 aromatic carbocycles. The Bertz CT molecular complexity index is 602. The van der Waals surface area contributed by atoms with Gasteiger partial charge in [-0.25, -0.2) is 0 Å². The number of halogens is 1. The van der Waals surface area contributed by atoms with Crippen LogP contribution in [0.25, 0.3) is 0 Å². The van der Waals surface area contributed by atoms with Crippen molar-refractivity contribution in [3.8, 4) is 5.75 Å². The van der Waals surface area contributed by atoms with Crippen LogP contribution in [0, 0.1) is 6.92 Å². The fourth-order valence-corrected chi connectivity index (χ4v) is 1.91. The molecule has 1 N–H and O–H groups in total. The lowest BCUT2D eigenvalue weighted by Crippen LogP contribution is -2.12. The molecule has 0 saturated carbocycles. The van der Waals surface area contributed by atoms with E-state index in [0.717, 1.165) is 16.3 Å². The van der Waals surface area contributed by atoms with Crippen LogP contribution in [0.15, 0.2) is 42.7 Å². The summed E-state index contributed by atoms with van der Waals surface area (Å²) in [5.74, 6) is 0.725. The first-order valence-electron chi connectivity index (χ1n) is 6.74. The van der Waals surface area contributed by atoms with Gasteiger partial charge < -0.3 is 10.1 Å². The third-order valence-electron chi connectivity index (χ3n) is 2.89. The van der Waals surface area contributed by atoms with Gasteiger partial charge in [-0.3, -0.25) is 9.78 Å². The lowest BCUT2D eigenvalue weighted by molar-refractivity contribution is -0.116. The van der Waals surface area contributed by atoms with Gasteiger partial charge in [0.15, 0.2) is 0 Å². The molecule has 0 atom stereocenters. The van der Waals surface area contributed by atoms with Crippen molar-refractivity contribution in [2.75, 3.05) is 11.9 Å². The number of nitrogens with one attached hydrogen (secondary N) is 1. The first-order chi connectivity index (χ1) is 10.1. The normalized spacial score (nSPS) is 10.2. The number of aryl methyl sites for hydroxylation is 1. The van der Waals surface area contributed by atoms with E-state index in [9.17, 15) is 4.79 Å². The number of rotatable bonds is 6. The Labute approximate surface area is 129 Å². The van der Waals surface area contributed by atoms with Crippen LogP contribution >= 0.6 is 11.6 Å². The number of carbonyl (C=O) groups is 1. The summed E-state index contributed by atoms with van der Waals surface area (Å²) in [5, 5.41) is 3.50. The molecule has 0 fully saturated rings. The van der Waals surface area contributed by atoms with Gasteiger partial charge in [-0.05, 0) is 49.2 Å². The monoisotopic (exact) mass is 304 g/mol. The number of carbonyl (C=O) groups excluding carboxylic acids is 1. The number of ether oxygens (including phenoxy) is 1. The van der Waals surface area contributed by atoms with E-state index in [4.69, 9.17) is 16.3 Å². The van der Waals surface area contributed by atoms with Crippen molar-refractivity contribution in [2.24, 2.45) is 0 Å². The molecule has 1 aromatic heterocycles. The summed E-state index contributed by atoms with van der Waals surface area (Å²) >= 11 is 5.95. The fourth-order valence-electron chi connectivity index (χ4n) is 1.79. The summed E-state index contributed by atoms with van der Waals surface area (Å²) in [5.41, 5.74) is 1.68. The zero-order valence-electron chi connectivity index (χ0n) is 11.8. The van der Waals surface area contributed by atoms with Gasteiger partial charge in [0, 0.05) is 17.6 Å². The fraction of sp³-hybridized carbons (Fsp3) is 0.250. The molecule has 0 spiro atoms. The lowest BCUT2D eigenvalue weighted by atomic mass is 10.2. The highest BCUT2D eigenvalue weighted by Crippen LogP contribution is 2.21. The van der Waals surface area contributed by atoms with Gasteiger partial charge in [0.05, 0.1) is 18.5 Å². The second kappa shape index (κ2) is 7.64. The first kappa shape index (κ1) is 15.3. The largest absolute Gasteiger partial charge is 0.494 e. The van der Waals surface area contributed by atoms with Gasteiger partial charge >= 0.3 is 0 Å². The first-order valence-corrected chi connectivity index (χ1v) is 7.12. The van der Waals surface area contributed by atoms with E-state index in [-0.39, 0.29) is 5.91 Å². The molecular weight excluding hydrogens is 288 g/mol. The number of nitrogens with zero attached hydrogens (tertiary/aromatic N) is 1. The van der Waals surface area contributed by atoms with Gasteiger partial charge in [0.25, 0.3) is 0 Å². The average Bonchev–Trinajstić information content (AvgIpc) is 2.48. The highest BCUT2D eigenvalue weighted by molar-refractivity contribution is 6.31. The second-order valence-electron chi connectivity index (χ2n) is 4.65. The number of amides is 1. The minimum Gasteiger partial charge on any atom is -0.494 e. The highest BCUT2D eigenvalue weighted by atomic mass is 35.5. The van der Waals surface area contributed by atoms with E-state index in [1.807, 2.05) is 19.1 Å². The van der Waals surface area contributed by atoms with Gasteiger partial charge in [0.2, 0.25) is 5.91 Å². The molecule has 21 heavy (non-hydrogen) atoms. The van der Waals surface area contributed by atoms with Gasteiger partial charge in [-0.1, -0.05) is 11.6 Å². The summed E-state index contributed by atoms with van der Waals surface area (Å²) in [6.07, 6.45) is 4.33. The molecule has 1 heterocycles. The molecule has 0 aliphatic heterocycles. The number of benzene rings is 1. The molecule has 4 nitrogen and oxygen atoms in total. The SMILES string of the molecule is Cc1cc(OCCCC(=O)Nc2cccnc2)ccc1Cl. The third kappa shape index (κ3) is 5.08. The van der Waals surface area contributed by atoms with Crippen LogP contribution in [-0.2, 0) is 4.79 Å². The molecule has 0 bridgehead atoms. The Morgan fingerprint density at radius 3 is 2.95 bits per heavy atom. The van der Waals surface area contributed by atoms with Crippen molar-refractivity contribution in [3.05, 3.63) is 53.3 Å². The van der Waals surface area contributed by atoms with Crippen molar-refractivity contribution in [1.82, 2.24) is 4.98 Å². The van der Waals surface area contributed by atoms with E-state index in [1.165, 1.54) is 0 Å². The van der Waals surface area contributed by atoms with Crippen molar-refractivity contribution < 1.29 is 9.53 Å². The predicted molar refractivity (Wildman–Crippen MR) is 83.8 cm³/mol. The molecule has 0 unspecified atom stereocenters. The summed E-state index contributed by atoms with van der Waals surface area (Å²) in [4.78, 5) is 15.6. The van der Waals surface area contributed by atoms with Crippen molar-refractivity contribution in [3.63, 3.8) is 0 Å². The Morgan fingerprint density at radius 2 is 2.24 bits per heavy atom. The Hall–Kier alpha value is -2.07. The van der Waals surface area contributed by atoms with E-state index < -0.39 is 0 Å². The Morgan fingerprint density at radius 1 is 1.38 bits per heavy atom. The van der Waals surface area contributed by atoms with E-state index in [1.54, 1.807) is 30.6 Å². The maximum atomic E-state index is 11.7. The van der Waals surface area contributed by atoms with Gasteiger partial charge in [0.1, 0.15) is 5.75 Å². The maximum Gasteiger partial charge on any atom is 0.224 e. The molecular formula is C16H17ClN2O2. The zero-order valence-corrected chi connectivity index (χ0v) is 12.6. The molecule has 0 radical (unpaired) electrons.